The fraction of sp³-hybridized carbons (Fsp3) is 0.310. The highest BCUT2D eigenvalue weighted by Crippen LogP contribution is 2.25. The van der Waals surface area contributed by atoms with Crippen molar-refractivity contribution in [3.8, 4) is 5.75 Å². The number of rotatable bonds is 13. The van der Waals surface area contributed by atoms with Crippen LogP contribution in [0.4, 0.5) is 10.1 Å². The molecular weight excluding hydrogens is 521 g/mol. The van der Waals surface area contributed by atoms with Crippen LogP contribution in [0.15, 0.2) is 83.8 Å². The van der Waals surface area contributed by atoms with Crippen molar-refractivity contribution in [2.24, 2.45) is 0 Å². The average Bonchev–Trinajstić information content (AvgIpc) is 2.95. The number of para-hydroxylation sites is 1. The molecular formula is C29H34FN3O5S. The van der Waals surface area contributed by atoms with Gasteiger partial charge in [0.25, 0.3) is 10.0 Å². The highest BCUT2D eigenvalue weighted by atomic mass is 32.2. The van der Waals surface area contributed by atoms with Gasteiger partial charge in [-0.3, -0.25) is 13.9 Å². The molecule has 1 atom stereocenters. The lowest BCUT2D eigenvalue weighted by atomic mass is 10.1. The lowest BCUT2D eigenvalue weighted by Crippen LogP contribution is -2.51. The van der Waals surface area contributed by atoms with Crippen LogP contribution in [-0.2, 0) is 26.2 Å². The van der Waals surface area contributed by atoms with Crippen molar-refractivity contribution in [1.82, 2.24) is 10.2 Å². The smallest absolute Gasteiger partial charge is 0.264 e. The summed E-state index contributed by atoms with van der Waals surface area (Å²) in [4.78, 5) is 28.0. The fourth-order valence-electron chi connectivity index (χ4n) is 3.90. The Morgan fingerprint density at radius 3 is 2.21 bits per heavy atom. The number of sulfonamides is 1. The molecule has 0 fully saturated rings. The zero-order valence-corrected chi connectivity index (χ0v) is 23.2. The third kappa shape index (κ3) is 7.79. The minimum absolute atomic E-state index is 0.00725. The monoisotopic (exact) mass is 555 g/mol. The molecule has 0 heterocycles. The third-order valence-electron chi connectivity index (χ3n) is 6.23. The molecule has 0 aliphatic heterocycles. The Balaban J connectivity index is 1.96. The number of benzene rings is 3. The molecule has 8 nitrogen and oxygen atoms in total. The first-order chi connectivity index (χ1) is 18.7. The lowest BCUT2D eigenvalue weighted by Gasteiger charge is -2.32. The number of methoxy groups -OCH3 is 1. The highest BCUT2D eigenvalue weighted by Gasteiger charge is 2.32. The van der Waals surface area contributed by atoms with Gasteiger partial charge in [-0.05, 0) is 67.4 Å². The van der Waals surface area contributed by atoms with Gasteiger partial charge in [0.2, 0.25) is 11.8 Å². The summed E-state index contributed by atoms with van der Waals surface area (Å²) in [6.07, 6.45) is 1.67. The van der Waals surface area contributed by atoms with Gasteiger partial charge in [0.05, 0.1) is 17.7 Å². The SMILES string of the molecule is CCCCNC(=O)C(C)N(Cc1ccc(F)cc1)C(=O)CN(c1ccccc1)S(=O)(=O)c1ccc(OC)cc1. The minimum Gasteiger partial charge on any atom is -0.497 e. The molecule has 0 saturated heterocycles. The van der Waals surface area contributed by atoms with E-state index in [-0.39, 0.29) is 17.3 Å². The minimum atomic E-state index is -4.17. The summed E-state index contributed by atoms with van der Waals surface area (Å²) in [6.45, 7) is 3.49. The van der Waals surface area contributed by atoms with Crippen molar-refractivity contribution in [2.75, 3.05) is 24.5 Å². The largest absolute Gasteiger partial charge is 0.497 e. The predicted octanol–water partition coefficient (Wildman–Crippen LogP) is 4.36. The third-order valence-corrected chi connectivity index (χ3v) is 8.02. The number of unbranched alkanes of at least 4 members (excludes halogenated alkanes) is 1. The number of amides is 2. The van der Waals surface area contributed by atoms with Crippen molar-refractivity contribution in [3.05, 3.63) is 90.2 Å². The molecule has 0 aliphatic rings. The van der Waals surface area contributed by atoms with E-state index in [9.17, 15) is 22.4 Å². The maximum Gasteiger partial charge on any atom is 0.264 e. The molecule has 10 heteroatoms. The fourth-order valence-corrected chi connectivity index (χ4v) is 5.32. The summed E-state index contributed by atoms with van der Waals surface area (Å²) in [6, 6.07) is 18.9. The van der Waals surface area contributed by atoms with E-state index < -0.39 is 34.3 Å². The van der Waals surface area contributed by atoms with Crippen LogP contribution in [0.5, 0.6) is 5.75 Å². The molecule has 0 saturated carbocycles. The number of halogens is 1. The molecule has 208 valence electrons. The molecule has 1 unspecified atom stereocenters. The van der Waals surface area contributed by atoms with E-state index in [1.165, 1.54) is 60.5 Å². The second-order valence-corrected chi connectivity index (χ2v) is 10.9. The van der Waals surface area contributed by atoms with Gasteiger partial charge >= 0.3 is 0 Å². The Kier molecular flexibility index (Phi) is 10.4. The molecule has 3 rings (SSSR count). The van der Waals surface area contributed by atoms with Crippen molar-refractivity contribution < 1.29 is 27.1 Å². The number of nitrogens with zero attached hydrogens (tertiary/aromatic N) is 2. The van der Waals surface area contributed by atoms with Gasteiger partial charge in [-0.25, -0.2) is 12.8 Å². The molecule has 0 radical (unpaired) electrons. The van der Waals surface area contributed by atoms with E-state index in [0.29, 0.717) is 23.5 Å². The van der Waals surface area contributed by atoms with E-state index in [1.54, 1.807) is 37.3 Å². The van der Waals surface area contributed by atoms with Crippen LogP contribution in [0.1, 0.15) is 32.3 Å². The van der Waals surface area contributed by atoms with Gasteiger partial charge in [-0.1, -0.05) is 43.7 Å². The number of carbonyl (C=O) groups excluding carboxylic acids is 2. The van der Waals surface area contributed by atoms with E-state index >= 15 is 0 Å². The first-order valence-electron chi connectivity index (χ1n) is 12.7. The van der Waals surface area contributed by atoms with Gasteiger partial charge in [-0.15, -0.1) is 0 Å². The number of hydrogen-bond acceptors (Lipinski definition) is 5. The number of anilines is 1. The normalized spacial score (nSPS) is 11.9. The molecule has 0 aromatic heterocycles. The topological polar surface area (TPSA) is 96.0 Å². The first kappa shape index (κ1) is 29.6. The van der Waals surface area contributed by atoms with Gasteiger partial charge in [-0.2, -0.15) is 0 Å². The van der Waals surface area contributed by atoms with Crippen molar-refractivity contribution >= 4 is 27.5 Å². The van der Waals surface area contributed by atoms with Crippen LogP contribution in [0.3, 0.4) is 0 Å². The Morgan fingerprint density at radius 2 is 1.62 bits per heavy atom. The highest BCUT2D eigenvalue weighted by molar-refractivity contribution is 7.92. The standard InChI is InChI=1S/C29H34FN3O5S/c1-4-5-19-31-29(35)22(2)32(20-23-11-13-24(30)14-12-23)28(34)21-33(25-9-7-6-8-10-25)39(36,37)27-17-15-26(38-3)16-18-27/h6-18,22H,4-5,19-21H2,1-3H3,(H,31,35). The van der Waals surface area contributed by atoms with Crippen LogP contribution < -0.4 is 14.4 Å². The Labute approximate surface area is 229 Å². The number of nitrogens with one attached hydrogen (secondary N) is 1. The summed E-state index contributed by atoms with van der Waals surface area (Å²) in [7, 11) is -2.69. The van der Waals surface area contributed by atoms with Gasteiger partial charge in [0.1, 0.15) is 24.2 Å². The first-order valence-corrected chi connectivity index (χ1v) is 14.1. The molecule has 39 heavy (non-hydrogen) atoms. The molecule has 0 bridgehead atoms. The summed E-state index contributed by atoms with van der Waals surface area (Å²) < 4.78 is 47.2. The summed E-state index contributed by atoms with van der Waals surface area (Å²) in [5.74, 6) is -0.880. The van der Waals surface area contributed by atoms with Gasteiger partial charge in [0.15, 0.2) is 0 Å². The quantitative estimate of drug-likeness (QED) is 0.316. The molecule has 0 spiro atoms. The van der Waals surface area contributed by atoms with E-state index in [2.05, 4.69) is 5.32 Å². The Bertz CT molecular complexity index is 1330. The van der Waals surface area contributed by atoms with E-state index in [1.807, 2.05) is 6.92 Å². The van der Waals surface area contributed by atoms with Crippen LogP contribution in [0.25, 0.3) is 0 Å². The zero-order valence-electron chi connectivity index (χ0n) is 22.3. The number of carbonyl (C=O) groups is 2. The summed E-state index contributed by atoms with van der Waals surface area (Å²) >= 11 is 0. The second kappa shape index (κ2) is 13.7. The van der Waals surface area contributed by atoms with Crippen LogP contribution in [0.2, 0.25) is 0 Å². The lowest BCUT2D eigenvalue weighted by molar-refractivity contribution is -0.139. The number of hydrogen-bond donors (Lipinski definition) is 1. The Hall–Kier alpha value is -3.92. The van der Waals surface area contributed by atoms with Gasteiger partial charge < -0.3 is 15.0 Å². The molecule has 1 N–H and O–H groups in total. The summed E-state index contributed by atoms with van der Waals surface area (Å²) in [5.41, 5.74) is 0.894. The summed E-state index contributed by atoms with van der Waals surface area (Å²) in [5, 5.41) is 2.83. The predicted molar refractivity (Wildman–Crippen MR) is 148 cm³/mol. The maximum atomic E-state index is 13.8. The average molecular weight is 556 g/mol. The van der Waals surface area contributed by atoms with E-state index in [4.69, 9.17) is 4.74 Å². The molecule has 2 amide bonds. The van der Waals surface area contributed by atoms with Crippen molar-refractivity contribution in [3.63, 3.8) is 0 Å². The second-order valence-electron chi connectivity index (χ2n) is 8.99. The molecule has 3 aromatic rings. The Morgan fingerprint density at radius 1 is 0.974 bits per heavy atom. The maximum absolute atomic E-state index is 13.8. The van der Waals surface area contributed by atoms with Crippen molar-refractivity contribution in [2.45, 2.75) is 44.2 Å². The van der Waals surface area contributed by atoms with E-state index in [0.717, 1.165) is 17.1 Å². The molecule has 3 aromatic carbocycles. The molecule has 0 aliphatic carbocycles. The van der Waals surface area contributed by atoms with Crippen molar-refractivity contribution in [1.29, 1.82) is 0 Å². The van der Waals surface area contributed by atoms with Gasteiger partial charge in [0, 0.05) is 13.1 Å². The van der Waals surface area contributed by atoms with Crippen LogP contribution in [0, 0.1) is 5.82 Å². The zero-order chi connectivity index (χ0) is 28.4. The van der Waals surface area contributed by atoms with Crippen LogP contribution in [-0.4, -0.2) is 51.4 Å². The number of ether oxygens (including phenoxy) is 1. The van der Waals surface area contributed by atoms with Crippen LogP contribution >= 0.6 is 0 Å².